The van der Waals surface area contributed by atoms with Crippen LogP contribution in [0.4, 0.5) is 0 Å². The monoisotopic (exact) mass is 289 g/mol. The first-order chi connectivity index (χ1) is 8.70. The lowest BCUT2D eigenvalue weighted by molar-refractivity contribution is 0.0218. The molecule has 1 aliphatic carbocycles. The zero-order chi connectivity index (χ0) is 13.0. The highest BCUT2D eigenvalue weighted by Gasteiger charge is 2.21. The molecule has 18 heavy (non-hydrogen) atoms. The number of halogens is 2. The largest absolute Gasteiger partial charge is 0.466 e. The molecule has 0 aromatic heterocycles. The van der Waals surface area contributed by atoms with Gasteiger partial charge in [-0.1, -0.05) is 23.2 Å². The summed E-state index contributed by atoms with van der Waals surface area (Å²) in [6, 6.07) is 4.19. The van der Waals surface area contributed by atoms with Crippen molar-refractivity contribution >= 4 is 23.2 Å². The summed E-state index contributed by atoms with van der Waals surface area (Å²) in [5.74, 6) is 0.655. The van der Waals surface area contributed by atoms with E-state index in [1.807, 2.05) is 13.0 Å². The van der Waals surface area contributed by atoms with Gasteiger partial charge in [-0.15, -0.1) is 0 Å². The second-order valence-corrected chi connectivity index (χ2v) is 5.13. The third kappa shape index (κ3) is 4.02. The van der Waals surface area contributed by atoms with E-state index in [2.05, 4.69) is 5.32 Å². The summed E-state index contributed by atoms with van der Waals surface area (Å²) in [4.78, 5) is 0. The fourth-order valence-corrected chi connectivity index (χ4v) is 2.22. The van der Waals surface area contributed by atoms with Gasteiger partial charge in [0.15, 0.2) is 6.79 Å². The summed E-state index contributed by atoms with van der Waals surface area (Å²) in [5, 5.41) is 4.56. The molecule has 0 aliphatic heterocycles. The van der Waals surface area contributed by atoms with Crippen molar-refractivity contribution in [1.82, 2.24) is 5.32 Å². The SMILES string of the molecule is CCOCOc1c(Cl)cc(Cl)cc1CNC1CC1. The van der Waals surface area contributed by atoms with Crippen LogP contribution in [0.5, 0.6) is 5.75 Å². The molecule has 1 N–H and O–H groups in total. The fourth-order valence-electron chi connectivity index (χ4n) is 1.63. The second kappa shape index (κ2) is 6.62. The highest BCUT2D eigenvalue weighted by Crippen LogP contribution is 2.33. The molecule has 0 atom stereocenters. The number of nitrogens with one attached hydrogen (secondary N) is 1. The summed E-state index contributed by atoms with van der Waals surface area (Å²) < 4.78 is 10.7. The van der Waals surface area contributed by atoms with E-state index in [0.717, 1.165) is 5.56 Å². The van der Waals surface area contributed by atoms with Crippen LogP contribution in [-0.4, -0.2) is 19.4 Å². The minimum atomic E-state index is 0.203. The molecule has 1 aromatic rings. The molecular formula is C13H17Cl2NO2. The van der Waals surface area contributed by atoms with Gasteiger partial charge in [-0.25, -0.2) is 0 Å². The highest BCUT2D eigenvalue weighted by molar-refractivity contribution is 6.35. The number of rotatable bonds is 7. The maximum absolute atomic E-state index is 6.15. The van der Waals surface area contributed by atoms with Crippen molar-refractivity contribution in [2.75, 3.05) is 13.4 Å². The predicted octanol–water partition coefficient (Wildman–Crippen LogP) is 3.62. The van der Waals surface area contributed by atoms with E-state index >= 15 is 0 Å². The van der Waals surface area contributed by atoms with Gasteiger partial charge < -0.3 is 14.8 Å². The smallest absolute Gasteiger partial charge is 0.189 e. The molecular weight excluding hydrogens is 273 g/mol. The molecule has 0 radical (unpaired) electrons. The van der Waals surface area contributed by atoms with Crippen LogP contribution in [0.1, 0.15) is 25.3 Å². The van der Waals surface area contributed by atoms with E-state index in [9.17, 15) is 0 Å². The first kappa shape index (κ1) is 13.9. The van der Waals surface area contributed by atoms with Crippen molar-refractivity contribution in [3.8, 4) is 5.75 Å². The van der Waals surface area contributed by atoms with Gasteiger partial charge in [0, 0.05) is 29.8 Å². The van der Waals surface area contributed by atoms with Crippen LogP contribution < -0.4 is 10.1 Å². The van der Waals surface area contributed by atoms with Crippen LogP contribution in [0.15, 0.2) is 12.1 Å². The normalized spacial score (nSPS) is 14.8. The zero-order valence-electron chi connectivity index (χ0n) is 10.3. The molecule has 0 heterocycles. The third-order valence-electron chi connectivity index (χ3n) is 2.73. The van der Waals surface area contributed by atoms with Gasteiger partial charge >= 0.3 is 0 Å². The van der Waals surface area contributed by atoms with E-state index < -0.39 is 0 Å². The Bertz CT molecular complexity index is 408. The number of hydrogen-bond donors (Lipinski definition) is 1. The molecule has 0 bridgehead atoms. The average molecular weight is 290 g/mol. The lowest BCUT2D eigenvalue weighted by Gasteiger charge is -2.14. The first-order valence-electron chi connectivity index (χ1n) is 6.12. The minimum absolute atomic E-state index is 0.203. The average Bonchev–Trinajstić information content (AvgIpc) is 3.13. The van der Waals surface area contributed by atoms with E-state index in [0.29, 0.717) is 35.0 Å². The Morgan fingerprint density at radius 1 is 1.33 bits per heavy atom. The molecule has 0 spiro atoms. The second-order valence-electron chi connectivity index (χ2n) is 4.29. The van der Waals surface area contributed by atoms with Gasteiger partial charge in [0.05, 0.1) is 5.02 Å². The molecule has 0 saturated heterocycles. The van der Waals surface area contributed by atoms with Crippen LogP contribution in [0.3, 0.4) is 0 Å². The first-order valence-corrected chi connectivity index (χ1v) is 6.88. The third-order valence-corrected chi connectivity index (χ3v) is 3.23. The number of benzene rings is 1. The Balaban J connectivity index is 2.06. The van der Waals surface area contributed by atoms with E-state index in [-0.39, 0.29) is 6.79 Å². The van der Waals surface area contributed by atoms with E-state index in [4.69, 9.17) is 32.7 Å². The van der Waals surface area contributed by atoms with Crippen LogP contribution >= 0.6 is 23.2 Å². The van der Waals surface area contributed by atoms with Crippen LogP contribution in [0, 0.1) is 0 Å². The van der Waals surface area contributed by atoms with Gasteiger partial charge in [-0.2, -0.15) is 0 Å². The Morgan fingerprint density at radius 2 is 2.11 bits per heavy atom. The molecule has 3 nitrogen and oxygen atoms in total. The summed E-state index contributed by atoms with van der Waals surface area (Å²) in [7, 11) is 0. The minimum Gasteiger partial charge on any atom is -0.466 e. The maximum atomic E-state index is 6.15. The number of hydrogen-bond acceptors (Lipinski definition) is 3. The van der Waals surface area contributed by atoms with Gasteiger partial charge in [-0.3, -0.25) is 0 Å². The molecule has 5 heteroatoms. The van der Waals surface area contributed by atoms with Gasteiger partial charge in [-0.05, 0) is 31.9 Å². The van der Waals surface area contributed by atoms with Gasteiger partial charge in [0.2, 0.25) is 0 Å². The van der Waals surface area contributed by atoms with E-state index in [1.165, 1.54) is 12.8 Å². The molecule has 1 fully saturated rings. The lowest BCUT2D eigenvalue weighted by Crippen LogP contribution is -2.16. The molecule has 1 aliphatic rings. The standard InChI is InChI=1S/C13H17Cl2NO2/c1-2-17-8-18-13-9(7-16-11-3-4-11)5-10(14)6-12(13)15/h5-6,11,16H,2-4,7-8H2,1H3. The van der Waals surface area contributed by atoms with Gasteiger partial charge in [0.1, 0.15) is 5.75 Å². The molecule has 2 rings (SSSR count). The Morgan fingerprint density at radius 3 is 2.78 bits per heavy atom. The molecule has 1 saturated carbocycles. The van der Waals surface area contributed by atoms with Gasteiger partial charge in [0.25, 0.3) is 0 Å². The summed E-state index contributed by atoms with van der Waals surface area (Å²) >= 11 is 12.2. The van der Waals surface area contributed by atoms with Crippen molar-refractivity contribution in [2.24, 2.45) is 0 Å². The van der Waals surface area contributed by atoms with Crippen molar-refractivity contribution in [3.05, 3.63) is 27.7 Å². The molecule has 100 valence electrons. The Kier molecular flexibility index (Phi) is 5.13. The van der Waals surface area contributed by atoms with Crippen molar-refractivity contribution < 1.29 is 9.47 Å². The highest BCUT2D eigenvalue weighted by atomic mass is 35.5. The summed E-state index contributed by atoms with van der Waals surface area (Å²) in [6.45, 7) is 3.45. The topological polar surface area (TPSA) is 30.5 Å². The Labute approximate surface area is 117 Å². The predicted molar refractivity (Wildman–Crippen MR) is 73.4 cm³/mol. The Hall–Kier alpha value is -0.480. The maximum Gasteiger partial charge on any atom is 0.189 e. The molecule has 1 aromatic carbocycles. The van der Waals surface area contributed by atoms with Crippen molar-refractivity contribution in [2.45, 2.75) is 32.4 Å². The molecule has 0 amide bonds. The lowest BCUT2D eigenvalue weighted by atomic mass is 10.2. The van der Waals surface area contributed by atoms with Crippen molar-refractivity contribution in [1.29, 1.82) is 0 Å². The summed E-state index contributed by atoms with van der Waals surface area (Å²) in [6.07, 6.45) is 2.48. The van der Waals surface area contributed by atoms with Crippen LogP contribution in [-0.2, 0) is 11.3 Å². The quantitative estimate of drug-likeness (QED) is 0.614. The molecule has 0 unspecified atom stereocenters. The summed E-state index contributed by atoms with van der Waals surface area (Å²) in [5.41, 5.74) is 0.971. The fraction of sp³-hybridized carbons (Fsp3) is 0.538. The van der Waals surface area contributed by atoms with E-state index in [1.54, 1.807) is 6.07 Å². The van der Waals surface area contributed by atoms with Crippen molar-refractivity contribution in [3.63, 3.8) is 0 Å². The zero-order valence-corrected chi connectivity index (χ0v) is 11.9. The van der Waals surface area contributed by atoms with Crippen LogP contribution in [0.2, 0.25) is 10.0 Å². The van der Waals surface area contributed by atoms with Crippen LogP contribution in [0.25, 0.3) is 0 Å². The number of ether oxygens (including phenoxy) is 2.